The van der Waals surface area contributed by atoms with E-state index in [-0.39, 0.29) is 17.5 Å². The topological polar surface area (TPSA) is 61.0 Å². The molecule has 0 unspecified atom stereocenters. The fraction of sp³-hybridized carbons (Fsp3) is 0.235. The highest BCUT2D eigenvalue weighted by Crippen LogP contribution is 2.29. The summed E-state index contributed by atoms with van der Waals surface area (Å²) in [5.41, 5.74) is 2.21. The molecule has 0 spiro atoms. The van der Waals surface area contributed by atoms with Gasteiger partial charge in [0.15, 0.2) is 5.52 Å². The first-order chi connectivity index (χ1) is 11.0. The lowest BCUT2D eigenvalue weighted by atomic mass is 10.0. The molecule has 0 bridgehead atoms. The van der Waals surface area contributed by atoms with Crippen molar-refractivity contribution < 1.29 is 9.31 Å². The van der Waals surface area contributed by atoms with Crippen LogP contribution in [0.3, 0.4) is 0 Å². The number of rotatable bonds is 4. The van der Waals surface area contributed by atoms with Gasteiger partial charge in [-0.3, -0.25) is 10.1 Å². The molecule has 1 aromatic heterocycles. The number of aromatic nitrogens is 2. The van der Waals surface area contributed by atoms with E-state index in [4.69, 9.17) is 0 Å². The average molecular weight is 313 g/mol. The number of non-ortho nitro benzene ring substituents is 1. The van der Waals surface area contributed by atoms with E-state index in [1.807, 2.05) is 24.5 Å². The van der Waals surface area contributed by atoms with Crippen LogP contribution in [0.1, 0.15) is 31.0 Å². The van der Waals surface area contributed by atoms with E-state index in [0.717, 1.165) is 0 Å². The lowest BCUT2D eigenvalue weighted by Gasteiger charge is -2.09. The minimum atomic E-state index is -0.440. The van der Waals surface area contributed by atoms with Gasteiger partial charge in [-0.1, -0.05) is 18.2 Å². The van der Waals surface area contributed by atoms with Crippen molar-refractivity contribution in [1.82, 2.24) is 9.55 Å². The Kier molecular flexibility index (Phi) is 3.82. The van der Waals surface area contributed by atoms with E-state index in [1.165, 1.54) is 12.1 Å². The van der Waals surface area contributed by atoms with Gasteiger partial charge in [-0.2, -0.15) is 0 Å². The first kappa shape index (κ1) is 15.1. The summed E-state index contributed by atoms with van der Waals surface area (Å²) in [5, 5.41) is 11.3. The van der Waals surface area contributed by atoms with E-state index < -0.39 is 4.92 Å². The first-order valence-corrected chi connectivity index (χ1v) is 7.34. The van der Waals surface area contributed by atoms with Crippen LogP contribution < -0.4 is 0 Å². The smallest absolute Gasteiger partial charge is 0.297 e. The minimum absolute atomic E-state index is 0.0479. The van der Waals surface area contributed by atoms with Crippen molar-refractivity contribution in [1.29, 1.82) is 0 Å². The molecular formula is C17H16FN3O2. The van der Waals surface area contributed by atoms with E-state index in [0.29, 0.717) is 28.6 Å². The van der Waals surface area contributed by atoms with Crippen molar-refractivity contribution in [3.8, 4) is 0 Å². The zero-order valence-electron chi connectivity index (χ0n) is 12.9. The molecule has 0 aliphatic carbocycles. The Balaban J connectivity index is 2.15. The van der Waals surface area contributed by atoms with Crippen molar-refractivity contribution >= 4 is 16.7 Å². The molecule has 0 aliphatic heterocycles. The maximum atomic E-state index is 13.8. The highest BCUT2D eigenvalue weighted by Gasteiger charge is 2.19. The van der Waals surface area contributed by atoms with Gasteiger partial charge < -0.3 is 4.57 Å². The van der Waals surface area contributed by atoms with Crippen LogP contribution in [-0.2, 0) is 6.42 Å². The predicted octanol–water partition coefficient (Wildman–Crippen LogP) is 4.26. The van der Waals surface area contributed by atoms with E-state index in [2.05, 4.69) is 4.98 Å². The Hall–Kier alpha value is -2.76. The van der Waals surface area contributed by atoms with Crippen molar-refractivity contribution in [3.63, 3.8) is 0 Å². The Morgan fingerprint density at radius 1 is 1.30 bits per heavy atom. The number of nitro groups is 1. The number of benzene rings is 2. The molecule has 0 aliphatic rings. The molecule has 0 N–H and O–H groups in total. The van der Waals surface area contributed by atoms with Gasteiger partial charge in [-0.25, -0.2) is 9.37 Å². The highest BCUT2D eigenvalue weighted by molar-refractivity contribution is 5.86. The minimum Gasteiger partial charge on any atom is -0.328 e. The maximum Gasteiger partial charge on any atom is 0.297 e. The Morgan fingerprint density at radius 2 is 2.04 bits per heavy atom. The van der Waals surface area contributed by atoms with Crippen LogP contribution in [-0.4, -0.2) is 14.5 Å². The fourth-order valence-electron chi connectivity index (χ4n) is 2.69. The van der Waals surface area contributed by atoms with Crippen LogP contribution in [0.5, 0.6) is 0 Å². The summed E-state index contributed by atoms with van der Waals surface area (Å²) in [5.74, 6) is -0.312. The molecule has 0 radical (unpaired) electrons. The number of fused-ring (bicyclic) bond motifs is 1. The van der Waals surface area contributed by atoms with Crippen molar-refractivity contribution in [3.05, 3.63) is 69.8 Å². The normalized spacial score (nSPS) is 11.3. The molecule has 0 saturated heterocycles. The molecule has 1 heterocycles. The van der Waals surface area contributed by atoms with Gasteiger partial charge in [-0.15, -0.1) is 0 Å². The van der Waals surface area contributed by atoms with Crippen LogP contribution in [0.2, 0.25) is 0 Å². The van der Waals surface area contributed by atoms with Crippen LogP contribution in [0.4, 0.5) is 10.1 Å². The number of hydrogen-bond donors (Lipinski definition) is 0. The highest BCUT2D eigenvalue weighted by atomic mass is 19.1. The molecule has 0 fully saturated rings. The molecule has 2 aromatic carbocycles. The Labute approximate surface area is 132 Å². The molecule has 23 heavy (non-hydrogen) atoms. The predicted molar refractivity (Wildman–Crippen MR) is 86.0 cm³/mol. The van der Waals surface area contributed by atoms with E-state index in [1.54, 1.807) is 24.5 Å². The van der Waals surface area contributed by atoms with Crippen LogP contribution in [0, 0.1) is 15.9 Å². The lowest BCUT2D eigenvalue weighted by molar-refractivity contribution is -0.383. The lowest BCUT2D eigenvalue weighted by Crippen LogP contribution is -2.00. The quantitative estimate of drug-likeness (QED) is 0.534. The third kappa shape index (κ3) is 2.79. The SMILES string of the molecule is CC(C)n1cnc2c([N+](=O)[O-])cc(Cc3ccccc3F)cc21. The summed E-state index contributed by atoms with van der Waals surface area (Å²) in [7, 11) is 0. The molecular weight excluding hydrogens is 297 g/mol. The summed E-state index contributed by atoms with van der Waals surface area (Å²) in [6, 6.07) is 9.91. The Morgan fingerprint density at radius 3 is 2.70 bits per heavy atom. The number of hydrogen-bond acceptors (Lipinski definition) is 3. The number of nitrogens with zero attached hydrogens (tertiary/aromatic N) is 3. The van der Waals surface area contributed by atoms with Crippen LogP contribution >= 0.6 is 0 Å². The van der Waals surface area contributed by atoms with Crippen LogP contribution in [0.15, 0.2) is 42.7 Å². The van der Waals surface area contributed by atoms with Gasteiger partial charge in [0.1, 0.15) is 5.82 Å². The fourth-order valence-corrected chi connectivity index (χ4v) is 2.69. The van der Waals surface area contributed by atoms with Gasteiger partial charge in [0.25, 0.3) is 5.69 Å². The summed E-state index contributed by atoms with van der Waals surface area (Å²) in [6.45, 7) is 3.97. The molecule has 3 aromatic rings. The average Bonchev–Trinajstić information content (AvgIpc) is 2.92. The molecule has 0 saturated carbocycles. The van der Waals surface area contributed by atoms with E-state index in [9.17, 15) is 14.5 Å². The summed E-state index contributed by atoms with van der Waals surface area (Å²) >= 11 is 0. The molecule has 5 nitrogen and oxygen atoms in total. The Bertz CT molecular complexity index is 887. The second-order valence-corrected chi connectivity index (χ2v) is 5.75. The first-order valence-electron chi connectivity index (χ1n) is 7.34. The van der Waals surface area contributed by atoms with Gasteiger partial charge in [0.05, 0.1) is 16.8 Å². The van der Waals surface area contributed by atoms with E-state index >= 15 is 0 Å². The third-order valence-electron chi connectivity index (χ3n) is 3.82. The van der Waals surface area contributed by atoms with Gasteiger partial charge in [0, 0.05) is 18.5 Å². The number of imidazole rings is 1. The van der Waals surface area contributed by atoms with Crippen LogP contribution in [0.25, 0.3) is 11.0 Å². The van der Waals surface area contributed by atoms with Crippen molar-refractivity contribution in [2.45, 2.75) is 26.3 Å². The number of nitro benzene ring substituents is 1. The largest absolute Gasteiger partial charge is 0.328 e. The third-order valence-corrected chi connectivity index (χ3v) is 3.82. The molecule has 0 amide bonds. The van der Waals surface area contributed by atoms with Gasteiger partial charge in [0.2, 0.25) is 0 Å². The van der Waals surface area contributed by atoms with Crippen molar-refractivity contribution in [2.75, 3.05) is 0 Å². The second kappa shape index (κ2) is 5.79. The monoisotopic (exact) mass is 313 g/mol. The molecule has 3 rings (SSSR count). The summed E-state index contributed by atoms with van der Waals surface area (Å²) < 4.78 is 15.7. The van der Waals surface area contributed by atoms with Gasteiger partial charge in [-0.05, 0) is 37.1 Å². The molecule has 118 valence electrons. The molecule has 0 atom stereocenters. The molecule has 6 heteroatoms. The van der Waals surface area contributed by atoms with Gasteiger partial charge >= 0.3 is 0 Å². The zero-order chi connectivity index (χ0) is 16.6. The van der Waals surface area contributed by atoms with Crippen molar-refractivity contribution in [2.24, 2.45) is 0 Å². The zero-order valence-corrected chi connectivity index (χ0v) is 12.9. The summed E-state index contributed by atoms with van der Waals surface area (Å²) in [4.78, 5) is 15.1. The second-order valence-electron chi connectivity index (χ2n) is 5.75. The number of halogens is 1. The summed E-state index contributed by atoms with van der Waals surface area (Å²) in [6.07, 6.45) is 1.90. The maximum absolute atomic E-state index is 13.8. The standard InChI is InChI=1S/C17H16FN3O2/c1-11(2)20-10-19-17-15(20)8-12(9-16(17)21(22)23)7-13-5-3-4-6-14(13)18/h3-6,8-11H,7H2,1-2H3.